The minimum atomic E-state index is 0.248. The van der Waals surface area contributed by atoms with Crippen molar-refractivity contribution >= 4 is 0 Å². The first-order valence-electron chi connectivity index (χ1n) is 5.17. The van der Waals surface area contributed by atoms with E-state index in [2.05, 4.69) is 0 Å². The van der Waals surface area contributed by atoms with Gasteiger partial charge < -0.3 is 10.2 Å². The molecule has 82 valence electrons. The van der Waals surface area contributed by atoms with Gasteiger partial charge in [0.25, 0.3) is 0 Å². The predicted molar refractivity (Wildman–Crippen MR) is 64.7 cm³/mol. The molecule has 0 spiro atoms. The Bertz CT molecular complexity index is 510. The van der Waals surface area contributed by atoms with Crippen LogP contribution in [-0.4, -0.2) is 10.2 Å². The van der Waals surface area contributed by atoms with E-state index >= 15 is 0 Å². The molecule has 0 amide bonds. The highest BCUT2D eigenvalue weighted by molar-refractivity contribution is 5.71. The lowest BCUT2D eigenvalue weighted by Crippen LogP contribution is -1.85. The van der Waals surface area contributed by atoms with E-state index in [1.165, 1.54) is 0 Å². The maximum absolute atomic E-state index is 9.64. The molecule has 2 nitrogen and oxygen atoms in total. The summed E-state index contributed by atoms with van der Waals surface area (Å²) in [5.41, 5.74) is 3.69. The van der Waals surface area contributed by atoms with Crippen LogP contribution >= 0.6 is 0 Å². The Balaban J connectivity index is 2.63. The van der Waals surface area contributed by atoms with Crippen LogP contribution in [0.2, 0.25) is 0 Å². The maximum atomic E-state index is 9.64. The zero-order valence-corrected chi connectivity index (χ0v) is 9.36. The lowest BCUT2D eigenvalue weighted by molar-refractivity contribution is 0.471. The van der Waals surface area contributed by atoms with Gasteiger partial charge in [-0.15, -0.1) is 0 Å². The lowest BCUT2D eigenvalue weighted by Gasteiger charge is -2.09. The Labute approximate surface area is 94.8 Å². The molecule has 0 atom stereocenters. The number of aromatic hydroxyl groups is 2. The second-order valence-electron chi connectivity index (χ2n) is 4.01. The second-order valence-corrected chi connectivity index (χ2v) is 4.01. The third-order valence-corrected chi connectivity index (χ3v) is 2.68. The highest BCUT2D eigenvalue weighted by Gasteiger charge is 2.06. The Morgan fingerprint density at radius 3 is 2.38 bits per heavy atom. The zero-order chi connectivity index (χ0) is 11.7. The van der Waals surface area contributed by atoms with E-state index in [0.717, 1.165) is 22.3 Å². The minimum Gasteiger partial charge on any atom is -0.508 e. The number of phenolic OH excluding ortho intramolecular Hbond substituents is 2. The van der Waals surface area contributed by atoms with Crippen LogP contribution in [0.1, 0.15) is 11.1 Å². The molecule has 0 saturated heterocycles. The summed E-state index contributed by atoms with van der Waals surface area (Å²) in [5, 5.41) is 19.2. The molecular formula is C14H14O2. The number of aryl methyl sites for hydroxylation is 1. The molecule has 16 heavy (non-hydrogen) atoms. The summed E-state index contributed by atoms with van der Waals surface area (Å²) in [5.74, 6) is 0.524. The number of hydrogen-bond donors (Lipinski definition) is 2. The summed E-state index contributed by atoms with van der Waals surface area (Å²) < 4.78 is 0. The van der Waals surface area contributed by atoms with E-state index in [0.29, 0.717) is 0 Å². The minimum absolute atomic E-state index is 0.248. The summed E-state index contributed by atoms with van der Waals surface area (Å²) in [7, 11) is 0. The van der Waals surface area contributed by atoms with Crippen molar-refractivity contribution in [3.8, 4) is 22.6 Å². The fraction of sp³-hybridized carbons (Fsp3) is 0.143. The van der Waals surface area contributed by atoms with Crippen molar-refractivity contribution in [1.82, 2.24) is 0 Å². The molecule has 0 aliphatic carbocycles. The number of phenols is 2. The van der Waals surface area contributed by atoms with Crippen molar-refractivity contribution < 1.29 is 10.2 Å². The van der Waals surface area contributed by atoms with Crippen LogP contribution in [0.3, 0.4) is 0 Å². The van der Waals surface area contributed by atoms with Crippen LogP contribution in [0.5, 0.6) is 11.5 Å². The van der Waals surface area contributed by atoms with Gasteiger partial charge in [-0.25, -0.2) is 0 Å². The molecule has 0 heterocycles. The molecule has 0 fully saturated rings. The van der Waals surface area contributed by atoms with Gasteiger partial charge in [0.2, 0.25) is 0 Å². The zero-order valence-electron chi connectivity index (χ0n) is 9.36. The third kappa shape index (κ3) is 1.87. The molecule has 2 rings (SSSR count). The normalized spacial score (nSPS) is 10.4. The molecule has 0 aromatic heterocycles. The number of hydrogen-bond acceptors (Lipinski definition) is 2. The highest BCUT2D eigenvalue weighted by atomic mass is 16.3. The van der Waals surface area contributed by atoms with Crippen LogP contribution in [0.15, 0.2) is 36.4 Å². The number of rotatable bonds is 1. The summed E-state index contributed by atoms with van der Waals surface area (Å²) >= 11 is 0. The third-order valence-electron chi connectivity index (χ3n) is 2.68. The van der Waals surface area contributed by atoms with Crippen LogP contribution in [0.4, 0.5) is 0 Å². The average Bonchev–Trinajstić information content (AvgIpc) is 2.20. The van der Waals surface area contributed by atoms with E-state index in [9.17, 15) is 10.2 Å². The van der Waals surface area contributed by atoms with E-state index in [1.54, 1.807) is 24.3 Å². The van der Waals surface area contributed by atoms with E-state index in [4.69, 9.17) is 0 Å². The van der Waals surface area contributed by atoms with Crippen molar-refractivity contribution in [2.45, 2.75) is 13.8 Å². The van der Waals surface area contributed by atoms with Crippen LogP contribution in [0, 0.1) is 13.8 Å². The van der Waals surface area contributed by atoms with Gasteiger partial charge in [-0.3, -0.25) is 0 Å². The Hall–Kier alpha value is -1.96. The predicted octanol–water partition coefficient (Wildman–Crippen LogP) is 3.38. The second kappa shape index (κ2) is 3.89. The molecule has 0 saturated carbocycles. The van der Waals surface area contributed by atoms with Gasteiger partial charge in [0.05, 0.1) is 0 Å². The molecule has 0 unspecified atom stereocenters. The molecule has 0 aliphatic heterocycles. The maximum Gasteiger partial charge on any atom is 0.119 e. The highest BCUT2D eigenvalue weighted by Crippen LogP contribution is 2.31. The largest absolute Gasteiger partial charge is 0.508 e. The topological polar surface area (TPSA) is 40.5 Å². The van der Waals surface area contributed by atoms with Gasteiger partial charge in [-0.05, 0) is 54.3 Å². The molecule has 2 aromatic carbocycles. The smallest absolute Gasteiger partial charge is 0.119 e. The standard InChI is InChI=1S/C14H14O2/c1-9-6-11(8-12(15)7-9)13-4-3-5-14(16)10(13)2/h3-8,15-16H,1-2H3. The molecule has 0 radical (unpaired) electrons. The Kier molecular flexibility index (Phi) is 2.57. The van der Waals surface area contributed by atoms with E-state index in [-0.39, 0.29) is 11.5 Å². The number of benzene rings is 2. The SMILES string of the molecule is Cc1cc(O)cc(-c2cccc(O)c2C)c1. The fourth-order valence-electron chi connectivity index (χ4n) is 1.85. The van der Waals surface area contributed by atoms with Crippen LogP contribution in [0.25, 0.3) is 11.1 Å². The van der Waals surface area contributed by atoms with Gasteiger partial charge >= 0.3 is 0 Å². The lowest BCUT2D eigenvalue weighted by atomic mass is 9.98. The first-order chi connectivity index (χ1) is 7.58. The van der Waals surface area contributed by atoms with Gasteiger partial charge in [0, 0.05) is 0 Å². The molecule has 2 heteroatoms. The van der Waals surface area contributed by atoms with Gasteiger partial charge in [-0.2, -0.15) is 0 Å². The van der Waals surface area contributed by atoms with Crippen molar-refractivity contribution in [2.24, 2.45) is 0 Å². The summed E-state index contributed by atoms with van der Waals surface area (Å²) in [4.78, 5) is 0. The fourth-order valence-corrected chi connectivity index (χ4v) is 1.85. The summed E-state index contributed by atoms with van der Waals surface area (Å²) in [6.45, 7) is 3.80. The first kappa shape index (κ1) is 10.6. The monoisotopic (exact) mass is 214 g/mol. The quantitative estimate of drug-likeness (QED) is 0.764. The summed E-state index contributed by atoms with van der Waals surface area (Å²) in [6.07, 6.45) is 0. The van der Waals surface area contributed by atoms with Gasteiger partial charge in [0.15, 0.2) is 0 Å². The molecular weight excluding hydrogens is 200 g/mol. The Morgan fingerprint density at radius 2 is 1.69 bits per heavy atom. The van der Waals surface area contributed by atoms with E-state index in [1.807, 2.05) is 26.0 Å². The van der Waals surface area contributed by atoms with Crippen LogP contribution in [-0.2, 0) is 0 Å². The van der Waals surface area contributed by atoms with Crippen molar-refractivity contribution in [3.05, 3.63) is 47.5 Å². The van der Waals surface area contributed by atoms with Crippen LogP contribution < -0.4 is 0 Å². The Morgan fingerprint density at radius 1 is 0.938 bits per heavy atom. The van der Waals surface area contributed by atoms with Crippen molar-refractivity contribution in [3.63, 3.8) is 0 Å². The van der Waals surface area contributed by atoms with Crippen molar-refractivity contribution in [2.75, 3.05) is 0 Å². The first-order valence-corrected chi connectivity index (χ1v) is 5.17. The van der Waals surface area contributed by atoms with Crippen molar-refractivity contribution in [1.29, 1.82) is 0 Å². The van der Waals surface area contributed by atoms with E-state index < -0.39 is 0 Å². The molecule has 2 N–H and O–H groups in total. The van der Waals surface area contributed by atoms with Gasteiger partial charge in [0.1, 0.15) is 11.5 Å². The molecule has 2 aromatic rings. The van der Waals surface area contributed by atoms with Gasteiger partial charge in [-0.1, -0.05) is 18.2 Å². The summed E-state index contributed by atoms with van der Waals surface area (Å²) in [6, 6.07) is 10.8. The molecule has 0 aliphatic rings. The average molecular weight is 214 g/mol. The molecule has 0 bridgehead atoms.